The zero-order valence-electron chi connectivity index (χ0n) is 10.2. The molecule has 0 amide bonds. The van der Waals surface area contributed by atoms with Crippen molar-refractivity contribution in [2.75, 3.05) is 11.9 Å². The molecular formula is C12H16N2O4. The number of anilines is 1. The number of benzene rings is 1. The minimum absolute atomic E-state index is 0.0885. The molecular weight excluding hydrogens is 236 g/mol. The number of carbonyl (C=O) groups is 1. The first-order valence-corrected chi connectivity index (χ1v) is 5.71. The molecule has 0 atom stereocenters. The lowest BCUT2D eigenvalue weighted by Gasteiger charge is -2.06. The van der Waals surface area contributed by atoms with Gasteiger partial charge in [0.2, 0.25) is 0 Å². The maximum Gasteiger partial charge on any atom is 0.303 e. The number of hydrogen-bond acceptors (Lipinski definition) is 4. The molecule has 0 saturated carbocycles. The van der Waals surface area contributed by atoms with E-state index >= 15 is 0 Å². The third-order valence-corrected chi connectivity index (χ3v) is 2.55. The van der Waals surface area contributed by atoms with E-state index < -0.39 is 10.9 Å². The highest BCUT2D eigenvalue weighted by molar-refractivity contribution is 5.66. The Hall–Kier alpha value is -2.11. The maximum absolute atomic E-state index is 10.7. The van der Waals surface area contributed by atoms with E-state index in [1.807, 2.05) is 0 Å². The van der Waals surface area contributed by atoms with Crippen molar-refractivity contribution in [3.05, 3.63) is 33.9 Å². The number of rotatable bonds is 7. The molecule has 0 aliphatic heterocycles. The first-order valence-electron chi connectivity index (χ1n) is 5.71. The Morgan fingerprint density at radius 3 is 2.78 bits per heavy atom. The summed E-state index contributed by atoms with van der Waals surface area (Å²) in [4.78, 5) is 20.6. The average Bonchev–Trinajstić information content (AvgIpc) is 2.30. The number of carboxylic acid groups (broad SMARTS) is 1. The second-order valence-corrected chi connectivity index (χ2v) is 4.04. The summed E-state index contributed by atoms with van der Waals surface area (Å²) in [5, 5.41) is 22.2. The van der Waals surface area contributed by atoms with Gasteiger partial charge < -0.3 is 10.4 Å². The van der Waals surface area contributed by atoms with E-state index in [0.717, 1.165) is 0 Å². The first-order chi connectivity index (χ1) is 8.50. The summed E-state index contributed by atoms with van der Waals surface area (Å²) in [6.07, 6.45) is 1.46. The lowest BCUT2D eigenvalue weighted by molar-refractivity contribution is -0.385. The monoisotopic (exact) mass is 252 g/mol. The standard InChI is InChI=1S/C12H16N2O4/c1-9-5-6-10(8-11(9)14(17)18)13-7-3-2-4-12(15)16/h5-6,8,13H,2-4,7H2,1H3,(H,15,16). The maximum atomic E-state index is 10.7. The van der Waals surface area contributed by atoms with E-state index in [9.17, 15) is 14.9 Å². The Morgan fingerprint density at radius 1 is 1.44 bits per heavy atom. The number of aryl methyl sites for hydroxylation is 1. The van der Waals surface area contributed by atoms with Crippen molar-refractivity contribution in [3.8, 4) is 0 Å². The summed E-state index contributed by atoms with van der Waals surface area (Å²) in [5.41, 5.74) is 1.39. The summed E-state index contributed by atoms with van der Waals surface area (Å²) in [5.74, 6) is -0.805. The van der Waals surface area contributed by atoms with Crippen molar-refractivity contribution in [1.82, 2.24) is 0 Å². The fourth-order valence-corrected chi connectivity index (χ4v) is 1.55. The zero-order valence-corrected chi connectivity index (χ0v) is 10.2. The highest BCUT2D eigenvalue weighted by Crippen LogP contribution is 2.22. The molecule has 0 saturated heterocycles. The highest BCUT2D eigenvalue weighted by Gasteiger charge is 2.10. The molecule has 0 radical (unpaired) electrons. The Kier molecular flexibility index (Phi) is 5.10. The van der Waals surface area contributed by atoms with Crippen molar-refractivity contribution < 1.29 is 14.8 Å². The molecule has 6 nitrogen and oxygen atoms in total. The van der Waals surface area contributed by atoms with Gasteiger partial charge in [0.05, 0.1) is 4.92 Å². The number of hydrogen-bond donors (Lipinski definition) is 2. The van der Waals surface area contributed by atoms with E-state index in [1.165, 1.54) is 6.07 Å². The van der Waals surface area contributed by atoms with Gasteiger partial charge in [0.25, 0.3) is 5.69 Å². The molecule has 6 heteroatoms. The highest BCUT2D eigenvalue weighted by atomic mass is 16.6. The second kappa shape index (κ2) is 6.58. The van der Waals surface area contributed by atoms with Crippen molar-refractivity contribution >= 4 is 17.3 Å². The van der Waals surface area contributed by atoms with Crippen LogP contribution < -0.4 is 5.32 Å². The van der Waals surface area contributed by atoms with Crippen LogP contribution in [0.4, 0.5) is 11.4 Å². The number of nitro benzene ring substituents is 1. The summed E-state index contributed by atoms with van der Waals surface area (Å²) < 4.78 is 0. The lowest BCUT2D eigenvalue weighted by Crippen LogP contribution is -2.04. The summed E-state index contributed by atoms with van der Waals surface area (Å²) in [6, 6.07) is 4.96. The van der Waals surface area contributed by atoms with E-state index in [4.69, 9.17) is 5.11 Å². The second-order valence-electron chi connectivity index (χ2n) is 4.04. The van der Waals surface area contributed by atoms with E-state index in [1.54, 1.807) is 19.1 Å². The van der Waals surface area contributed by atoms with Gasteiger partial charge in [0.1, 0.15) is 0 Å². The van der Waals surface area contributed by atoms with Crippen LogP contribution in [0.25, 0.3) is 0 Å². The van der Waals surface area contributed by atoms with Crippen LogP contribution >= 0.6 is 0 Å². The van der Waals surface area contributed by atoms with Crippen molar-refractivity contribution in [2.24, 2.45) is 0 Å². The van der Waals surface area contributed by atoms with Crippen LogP contribution in [-0.2, 0) is 4.79 Å². The number of aliphatic carboxylic acids is 1. The lowest BCUT2D eigenvalue weighted by atomic mass is 10.2. The van der Waals surface area contributed by atoms with Crippen LogP contribution in [0.2, 0.25) is 0 Å². The quantitative estimate of drug-likeness (QED) is 0.442. The minimum atomic E-state index is -0.805. The summed E-state index contributed by atoms with van der Waals surface area (Å²) in [6.45, 7) is 2.29. The predicted octanol–water partition coefficient (Wildman–Crippen LogP) is 2.57. The van der Waals surface area contributed by atoms with Gasteiger partial charge in [-0.25, -0.2) is 0 Å². The zero-order chi connectivity index (χ0) is 13.5. The van der Waals surface area contributed by atoms with Gasteiger partial charge in [0, 0.05) is 30.3 Å². The van der Waals surface area contributed by atoms with Gasteiger partial charge in [-0.05, 0) is 25.8 Å². The van der Waals surface area contributed by atoms with Crippen molar-refractivity contribution in [1.29, 1.82) is 0 Å². The Balaban J connectivity index is 2.45. The Bertz CT molecular complexity index is 446. The van der Waals surface area contributed by atoms with Gasteiger partial charge in [-0.2, -0.15) is 0 Å². The van der Waals surface area contributed by atoms with E-state index in [2.05, 4.69) is 5.32 Å². The fourth-order valence-electron chi connectivity index (χ4n) is 1.55. The van der Waals surface area contributed by atoms with Crippen LogP contribution in [0.5, 0.6) is 0 Å². The molecule has 0 aliphatic rings. The van der Waals surface area contributed by atoms with Gasteiger partial charge in [-0.3, -0.25) is 14.9 Å². The van der Waals surface area contributed by atoms with Crippen LogP contribution in [0, 0.1) is 17.0 Å². The average molecular weight is 252 g/mol. The largest absolute Gasteiger partial charge is 0.481 e. The third kappa shape index (κ3) is 4.40. The van der Waals surface area contributed by atoms with Crippen LogP contribution in [-0.4, -0.2) is 22.5 Å². The van der Waals surface area contributed by atoms with Crippen molar-refractivity contribution in [3.63, 3.8) is 0 Å². The third-order valence-electron chi connectivity index (χ3n) is 2.55. The summed E-state index contributed by atoms with van der Waals surface area (Å²) in [7, 11) is 0. The molecule has 0 aromatic heterocycles. The number of unbranched alkanes of at least 4 members (excludes halogenated alkanes) is 1. The van der Waals surface area contributed by atoms with Gasteiger partial charge in [-0.15, -0.1) is 0 Å². The van der Waals surface area contributed by atoms with Crippen LogP contribution in [0.1, 0.15) is 24.8 Å². The molecule has 98 valence electrons. The molecule has 0 heterocycles. The van der Waals surface area contributed by atoms with Gasteiger partial charge >= 0.3 is 5.97 Å². The van der Waals surface area contributed by atoms with E-state index in [-0.39, 0.29) is 12.1 Å². The Labute approximate surface area is 105 Å². The van der Waals surface area contributed by atoms with Crippen LogP contribution in [0.3, 0.4) is 0 Å². The first kappa shape index (κ1) is 14.0. The Morgan fingerprint density at radius 2 is 2.17 bits per heavy atom. The van der Waals surface area contributed by atoms with E-state index in [0.29, 0.717) is 30.6 Å². The molecule has 0 fully saturated rings. The van der Waals surface area contributed by atoms with Crippen molar-refractivity contribution in [2.45, 2.75) is 26.2 Å². The topological polar surface area (TPSA) is 92.5 Å². The fraction of sp³-hybridized carbons (Fsp3) is 0.417. The molecule has 0 bridgehead atoms. The molecule has 0 spiro atoms. The molecule has 1 rings (SSSR count). The summed E-state index contributed by atoms with van der Waals surface area (Å²) >= 11 is 0. The molecule has 2 N–H and O–H groups in total. The molecule has 1 aromatic rings. The van der Waals surface area contributed by atoms with Gasteiger partial charge in [-0.1, -0.05) is 6.07 Å². The predicted molar refractivity (Wildman–Crippen MR) is 67.8 cm³/mol. The molecule has 1 aromatic carbocycles. The normalized spacial score (nSPS) is 10.1. The minimum Gasteiger partial charge on any atom is -0.481 e. The number of nitro groups is 1. The smallest absolute Gasteiger partial charge is 0.303 e. The van der Waals surface area contributed by atoms with Gasteiger partial charge in [0.15, 0.2) is 0 Å². The molecule has 0 unspecified atom stereocenters. The number of nitrogens with one attached hydrogen (secondary N) is 1. The molecule has 0 aliphatic carbocycles. The number of nitrogens with zero attached hydrogens (tertiary/aromatic N) is 1. The SMILES string of the molecule is Cc1ccc(NCCCCC(=O)O)cc1[N+](=O)[O-]. The van der Waals surface area contributed by atoms with Crippen LogP contribution in [0.15, 0.2) is 18.2 Å². The number of carboxylic acids is 1. The molecule has 18 heavy (non-hydrogen) atoms.